The Morgan fingerprint density at radius 1 is 1.33 bits per heavy atom. The van der Waals surface area contributed by atoms with E-state index in [2.05, 4.69) is 10.3 Å². The maximum atomic E-state index is 12.0. The van der Waals surface area contributed by atoms with Crippen molar-refractivity contribution < 1.29 is 9.53 Å². The van der Waals surface area contributed by atoms with Gasteiger partial charge in [0, 0.05) is 31.8 Å². The van der Waals surface area contributed by atoms with Crippen LogP contribution in [0.3, 0.4) is 0 Å². The molecule has 2 rings (SSSR count). The summed E-state index contributed by atoms with van der Waals surface area (Å²) in [7, 11) is 1.69. The summed E-state index contributed by atoms with van der Waals surface area (Å²) in [5, 5.41) is 3.98. The van der Waals surface area contributed by atoms with Gasteiger partial charge in [0.25, 0.3) is 5.91 Å². The van der Waals surface area contributed by atoms with E-state index in [1.807, 2.05) is 30.5 Å². The van der Waals surface area contributed by atoms with Gasteiger partial charge in [0.05, 0.1) is 11.1 Å². The van der Waals surface area contributed by atoms with Crippen molar-refractivity contribution in [1.82, 2.24) is 10.3 Å². The molecule has 18 heavy (non-hydrogen) atoms. The lowest BCUT2D eigenvalue weighted by Gasteiger charge is -2.06. The maximum absolute atomic E-state index is 12.0. The molecule has 1 aromatic heterocycles. The molecule has 2 N–H and O–H groups in total. The number of fused-ring (bicyclic) bond motifs is 1. The number of nitrogens with one attached hydrogen (secondary N) is 2. The van der Waals surface area contributed by atoms with Crippen molar-refractivity contribution >= 4 is 16.8 Å². The molecule has 0 aliphatic rings. The lowest BCUT2D eigenvalue weighted by Crippen LogP contribution is -2.24. The highest BCUT2D eigenvalue weighted by atomic mass is 16.5. The van der Waals surface area contributed by atoms with Crippen LogP contribution >= 0.6 is 0 Å². The van der Waals surface area contributed by atoms with Gasteiger partial charge < -0.3 is 15.0 Å². The van der Waals surface area contributed by atoms with E-state index >= 15 is 0 Å². The molecule has 96 valence electrons. The first-order chi connectivity index (χ1) is 8.83. The summed E-state index contributed by atoms with van der Waals surface area (Å²) < 4.78 is 4.96. The number of aromatic nitrogens is 1. The third-order valence-electron chi connectivity index (χ3n) is 2.89. The van der Waals surface area contributed by atoms with E-state index in [4.69, 9.17) is 4.74 Å². The van der Waals surface area contributed by atoms with Crippen molar-refractivity contribution in [3.8, 4) is 0 Å². The van der Waals surface area contributed by atoms with Gasteiger partial charge in [0.15, 0.2) is 0 Å². The fraction of sp³-hybridized carbons (Fsp3) is 0.357. The van der Waals surface area contributed by atoms with E-state index in [1.54, 1.807) is 7.11 Å². The average Bonchev–Trinajstić information content (AvgIpc) is 2.86. The number of benzene rings is 1. The van der Waals surface area contributed by atoms with E-state index in [-0.39, 0.29) is 5.91 Å². The molecule has 1 aromatic carbocycles. The second-order valence-electron chi connectivity index (χ2n) is 4.20. The zero-order chi connectivity index (χ0) is 12.8. The number of para-hydroxylation sites is 1. The molecule has 0 fully saturated rings. The lowest BCUT2D eigenvalue weighted by molar-refractivity contribution is 0.0953. The Morgan fingerprint density at radius 2 is 2.22 bits per heavy atom. The molecule has 0 atom stereocenters. The van der Waals surface area contributed by atoms with Gasteiger partial charge in [-0.05, 0) is 25.0 Å². The third-order valence-corrected chi connectivity index (χ3v) is 2.89. The molecule has 0 bridgehead atoms. The van der Waals surface area contributed by atoms with Crippen molar-refractivity contribution in [2.75, 3.05) is 20.3 Å². The van der Waals surface area contributed by atoms with Crippen molar-refractivity contribution in [2.24, 2.45) is 0 Å². The number of aromatic amines is 1. The number of unbranched alkanes of at least 4 members (excludes halogenated alkanes) is 1. The summed E-state index contributed by atoms with van der Waals surface area (Å²) in [4.78, 5) is 15.1. The number of amides is 1. The molecule has 0 aliphatic carbocycles. The van der Waals surface area contributed by atoms with E-state index in [0.717, 1.165) is 30.4 Å². The molecule has 0 unspecified atom stereocenters. The monoisotopic (exact) mass is 246 g/mol. The normalized spacial score (nSPS) is 10.7. The Balaban J connectivity index is 1.94. The Bertz CT molecular complexity index is 519. The Kier molecular flexibility index (Phi) is 4.36. The smallest absolute Gasteiger partial charge is 0.253 e. The number of hydrogen-bond acceptors (Lipinski definition) is 2. The first-order valence-electron chi connectivity index (χ1n) is 6.16. The van der Waals surface area contributed by atoms with Crippen molar-refractivity contribution in [2.45, 2.75) is 12.8 Å². The fourth-order valence-corrected chi connectivity index (χ4v) is 1.94. The molecule has 4 heteroatoms. The minimum atomic E-state index is -0.0273. The predicted octanol–water partition coefficient (Wildman–Crippen LogP) is 2.32. The largest absolute Gasteiger partial charge is 0.385 e. The van der Waals surface area contributed by atoms with Crippen LogP contribution in [0.4, 0.5) is 0 Å². The second-order valence-corrected chi connectivity index (χ2v) is 4.20. The average molecular weight is 246 g/mol. The van der Waals surface area contributed by atoms with Crippen LogP contribution in [-0.2, 0) is 4.74 Å². The summed E-state index contributed by atoms with van der Waals surface area (Å²) in [6, 6.07) is 7.69. The molecule has 1 heterocycles. The number of ether oxygens (including phenoxy) is 1. The standard InChI is InChI=1S/C14H18N2O2/c1-18-10-3-2-8-16-14(17)12-6-4-5-11-7-9-15-13(11)12/h4-7,9,15H,2-3,8,10H2,1H3,(H,16,17). The summed E-state index contributed by atoms with van der Waals surface area (Å²) in [5.74, 6) is -0.0273. The van der Waals surface area contributed by atoms with Gasteiger partial charge >= 0.3 is 0 Å². The van der Waals surface area contributed by atoms with Crippen LogP contribution in [0.1, 0.15) is 23.2 Å². The highest BCUT2D eigenvalue weighted by molar-refractivity contribution is 6.05. The van der Waals surface area contributed by atoms with Crippen LogP contribution in [-0.4, -0.2) is 31.2 Å². The minimum absolute atomic E-state index is 0.0273. The molecule has 4 nitrogen and oxygen atoms in total. The molecule has 0 spiro atoms. The first kappa shape index (κ1) is 12.6. The van der Waals surface area contributed by atoms with Crippen molar-refractivity contribution in [3.63, 3.8) is 0 Å². The van der Waals surface area contributed by atoms with Gasteiger partial charge in [-0.2, -0.15) is 0 Å². The van der Waals surface area contributed by atoms with Gasteiger partial charge in [-0.1, -0.05) is 12.1 Å². The maximum Gasteiger partial charge on any atom is 0.253 e. The predicted molar refractivity (Wildman–Crippen MR) is 71.7 cm³/mol. The van der Waals surface area contributed by atoms with E-state index in [0.29, 0.717) is 12.1 Å². The number of carbonyl (C=O) groups is 1. The van der Waals surface area contributed by atoms with Crippen LogP contribution in [0.25, 0.3) is 10.9 Å². The van der Waals surface area contributed by atoms with Crippen LogP contribution in [0, 0.1) is 0 Å². The minimum Gasteiger partial charge on any atom is -0.385 e. The molecular formula is C14H18N2O2. The highest BCUT2D eigenvalue weighted by Gasteiger charge is 2.09. The van der Waals surface area contributed by atoms with Crippen molar-refractivity contribution in [3.05, 3.63) is 36.0 Å². The number of hydrogen-bond donors (Lipinski definition) is 2. The van der Waals surface area contributed by atoms with Crippen LogP contribution in [0.5, 0.6) is 0 Å². The first-order valence-corrected chi connectivity index (χ1v) is 6.16. The summed E-state index contributed by atoms with van der Waals surface area (Å²) >= 11 is 0. The SMILES string of the molecule is COCCCCNC(=O)c1cccc2cc[nH]c12. The molecule has 0 saturated heterocycles. The Labute approximate surface area is 106 Å². The van der Waals surface area contributed by atoms with Crippen LogP contribution in [0.15, 0.2) is 30.5 Å². The lowest BCUT2D eigenvalue weighted by atomic mass is 10.1. The fourth-order valence-electron chi connectivity index (χ4n) is 1.94. The number of carbonyl (C=O) groups excluding carboxylic acids is 1. The van der Waals surface area contributed by atoms with Gasteiger partial charge in [0.2, 0.25) is 0 Å². The highest BCUT2D eigenvalue weighted by Crippen LogP contribution is 2.16. The van der Waals surface area contributed by atoms with Gasteiger partial charge in [-0.15, -0.1) is 0 Å². The quantitative estimate of drug-likeness (QED) is 0.768. The van der Waals surface area contributed by atoms with E-state index in [9.17, 15) is 4.79 Å². The summed E-state index contributed by atoms with van der Waals surface area (Å²) in [5.41, 5.74) is 1.59. The third kappa shape index (κ3) is 2.90. The topological polar surface area (TPSA) is 54.1 Å². The summed E-state index contributed by atoms with van der Waals surface area (Å²) in [6.45, 7) is 1.42. The summed E-state index contributed by atoms with van der Waals surface area (Å²) in [6.07, 6.45) is 3.74. The molecular weight excluding hydrogens is 228 g/mol. The molecule has 0 radical (unpaired) electrons. The van der Waals surface area contributed by atoms with E-state index in [1.165, 1.54) is 0 Å². The number of rotatable bonds is 6. The number of methoxy groups -OCH3 is 1. The van der Waals surface area contributed by atoms with Crippen LogP contribution in [0.2, 0.25) is 0 Å². The van der Waals surface area contributed by atoms with Gasteiger partial charge in [-0.3, -0.25) is 4.79 Å². The Morgan fingerprint density at radius 3 is 3.06 bits per heavy atom. The van der Waals surface area contributed by atoms with Crippen molar-refractivity contribution in [1.29, 1.82) is 0 Å². The van der Waals surface area contributed by atoms with Gasteiger partial charge in [0.1, 0.15) is 0 Å². The van der Waals surface area contributed by atoms with Gasteiger partial charge in [-0.25, -0.2) is 0 Å². The zero-order valence-electron chi connectivity index (χ0n) is 10.5. The zero-order valence-corrected chi connectivity index (χ0v) is 10.5. The second kappa shape index (κ2) is 6.21. The molecule has 0 aliphatic heterocycles. The Hall–Kier alpha value is -1.81. The molecule has 2 aromatic rings. The number of H-pyrrole nitrogens is 1. The van der Waals surface area contributed by atoms with Crippen LogP contribution < -0.4 is 5.32 Å². The molecule has 0 saturated carbocycles. The van der Waals surface area contributed by atoms with E-state index < -0.39 is 0 Å². The molecule has 1 amide bonds.